The van der Waals surface area contributed by atoms with E-state index in [9.17, 15) is 4.79 Å². The zero-order chi connectivity index (χ0) is 18.1. The third-order valence-corrected chi connectivity index (χ3v) is 5.51. The van der Waals surface area contributed by atoms with Crippen molar-refractivity contribution in [2.45, 2.75) is 26.8 Å². The van der Waals surface area contributed by atoms with Crippen LogP contribution >= 0.6 is 11.3 Å². The molecule has 0 unspecified atom stereocenters. The standard InChI is InChI=1S/C22H20N2OS/c1-3-13-24-15(2)23-21-20(22(24)25)19(14-26-21)18-11-9-17(10-12-18)16-7-5-4-6-8-16/h4-12,14H,3,13H2,1-2H3. The molecule has 0 radical (unpaired) electrons. The maximum absolute atomic E-state index is 13.0. The third-order valence-electron chi connectivity index (χ3n) is 4.63. The Hall–Kier alpha value is -2.72. The lowest BCUT2D eigenvalue weighted by atomic mass is 10.0. The van der Waals surface area contributed by atoms with Crippen molar-refractivity contribution >= 4 is 21.6 Å². The Kier molecular flexibility index (Phi) is 4.43. The fourth-order valence-electron chi connectivity index (χ4n) is 3.30. The highest BCUT2D eigenvalue weighted by Gasteiger charge is 2.15. The van der Waals surface area contributed by atoms with Crippen LogP contribution in [0.4, 0.5) is 0 Å². The number of benzene rings is 2. The Morgan fingerprint density at radius 3 is 2.31 bits per heavy atom. The highest BCUT2D eigenvalue weighted by atomic mass is 32.1. The lowest BCUT2D eigenvalue weighted by molar-refractivity contribution is 0.626. The number of fused-ring (bicyclic) bond motifs is 1. The second-order valence-electron chi connectivity index (χ2n) is 6.39. The van der Waals surface area contributed by atoms with Crippen LogP contribution in [0.2, 0.25) is 0 Å². The van der Waals surface area contributed by atoms with Crippen LogP contribution in [0.15, 0.2) is 64.8 Å². The van der Waals surface area contributed by atoms with Crippen LogP contribution in [0.25, 0.3) is 32.5 Å². The first-order chi connectivity index (χ1) is 12.7. The van der Waals surface area contributed by atoms with Crippen molar-refractivity contribution in [3.05, 3.63) is 76.2 Å². The first-order valence-corrected chi connectivity index (χ1v) is 9.71. The second-order valence-corrected chi connectivity index (χ2v) is 7.25. The first-order valence-electron chi connectivity index (χ1n) is 8.83. The first kappa shape index (κ1) is 16.7. The molecular weight excluding hydrogens is 340 g/mol. The molecule has 130 valence electrons. The quantitative estimate of drug-likeness (QED) is 0.481. The Morgan fingerprint density at radius 1 is 0.962 bits per heavy atom. The molecule has 0 aliphatic heterocycles. The minimum Gasteiger partial charge on any atom is -0.296 e. The predicted octanol–water partition coefficient (Wildman–Crippen LogP) is 5.51. The molecular formula is C22H20N2OS. The van der Waals surface area contributed by atoms with Crippen LogP contribution < -0.4 is 5.56 Å². The summed E-state index contributed by atoms with van der Waals surface area (Å²) in [5, 5.41) is 2.79. The van der Waals surface area contributed by atoms with Gasteiger partial charge in [-0.1, -0.05) is 61.5 Å². The number of thiophene rings is 1. The van der Waals surface area contributed by atoms with Crippen molar-refractivity contribution in [2.75, 3.05) is 0 Å². The van der Waals surface area contributed by atoms with Gasteiger partial charge in [-0.2, -0.15) is 0 Å². The number of hydrogen-bond donors (Lipinski definition) is 0. The van der Waals surface area contributed by atoms with Crippen LogP contribution in [0.5, 0.6) is 0 Å². The normalized spacial score (nSPS) is 11.2. The minimum atomic E-state index is 0.0673. The minimum absolute atomic E-state index is 0.0673. The van der Waals surface area contributed by atoms with E-state index in [1.165, 1.54) is 11.1 Å². The number of nitrogens with zero attached hydrogens (tertiary/aromatic N) is 2. The summed E-state index contributed by atoms with van der Waals surface area (Å²) in [6.45, 7) is 4.69. The van der Waals surface area contributed by atoms with Gasteiger partial charge in [-0.15, -0.1) is 11.3 Å². The summed E-state index contributed by atoms with van der Waals surface area (Å²) in [6, 6.07) is 18.7. The summed E-state index contributed by atoms with van der Waals surface area (Å²) in [7, 11) is 0. The molecule has 2 aromatic carbocycles. The molecule has 0 saturated heterocycles. The van der Waals surface area contributed by atoms with Crippen LogP contribution in [-0.4, -0.2) is 9.55 Å². The van der Waals surface area contributed by atoms with E-state index >= 15 is 0 Å². The van der Waals surface area contributed by atoms with E-state index in [1.54, 1.807) is 15.9 Å². The van der Waals surface area contributed by atoms with E-state index in [1.807, 2.05) is 30.5 Å². The average molecular weight is 360 g/mol. The molecule has 4 aromatic rings. The van der Waals surface area contributed by atoms with Gasteiger partial charge in [-0.05, 0) is 30.0 Å². The number of hydrogen-bond acceptors (Lipinski definition) is 3. The van der Waals surface area contributed by atoms with E-state index in [2.05, 4.69) is 48.3 Å². The molecule has 0 N–H and O–H groups in total. The maximum atomic E-state index is 13.0. The van der Waals surface area contributed by atoms with Gasteiger partial charge < -0.3 is 0 Å². The van der Waals surface area contributed by atoms with Gasteiger partial charge in [0.1, 0.15) is 10.7 Å². The molecule has 0 aliphatic carbocycles. The SMILES string of the molecule is CCCn1c(C)nc2scc(-c3ccc(-c4ccccc4)cc3)c2c1=O. The molecule has 0 bridgehead atoms. The zero-order valence-electron chi connectivity index (χ0n) is 14.9. The highest BCUT2D eigenvalue weighted by Crippen LogP contribution is 2.32. The monoisotopic (exact) mass is 360 g/mol. The van der Waals surface area contributed by atoms with Crippen LogP contribution in [0.3, 0.4) is 0 Å². The van der Waals surface area contributed by atoms with Crippen molar-refractivity contribution in [2.24, 2.45) is 0 Å². The van der Waals surface area contributed by atoms with Crippen molar-refractivity contribution in [3.63, 3.8) is 0 Å². The smallest absolute Gasteiger partial charge is 0.262 e. The van der Waals surface area contributed by atoms with E-state index in [-0.39, 0.29) is 5.56 Å². The van der Waals surface area contributed by atoms with Gasteiger partial charge in [-0.3, -0.25) is 9.36 Å². The van der Waals surface area contributed by atoms with Crippen molar-refractivity contribution in [1.29, 1.82) is 0 Å². The summed E-state index contributed by atoms with van der Waals surface area (Å²) >= 11 is 1.54. The molecule has 0 spiro atoms. The highest BCUT2D eigenvalue weighted by molar-refractivity contribution is 7.17. The van der Waals surface area contributed by atoms with Crippen LogP contribution in [0.1, 0.15) is 19.2 Å². The molecule has 4 heteroatoms. The molecule has 26 heavy (non-hydrogen) atoms. The third kappa shape index (κ3) is 2.86. The summed E-state index contributed by atoms with van der Waals surface area (Å²) < 4.78 is 1.79. The molecule has 3 nitrogen and oxygen atoms in total. The van der Waals surface area contributed by atoms with Gasteiger partial charge in [0.2, 0.25) is 0 Å². The molecule has 0 fully saturated rings. The van der Waals surface area contributed by atoms with Crippen molar-refractivity contribution in [1.82, 2.24) is 9.55 Å². The summed E-state index contributed by atoms with van der Waals surface area (Å²) in [4.78, 5) is 18.5. The molecule has 0 amide bonds. The van der Waals surface area contributed by atoms with E-state index in [4.69, 9.17) is 0 Å². The number of aryl methyl sites for hydroxylation is 1. The predicted molar refractivity (Wildman–Crippen MR) is 110 cm³/mol. The van der Waals surface area contributed by atoms with Crippen LogP contribution in [0, 0.1) is 6.92 Å². The largest absolute Gasteiger partial charge is 0.296 e. The maximum Gasteiger partial charge on any atom is 0.262 e. The van der Waals surface area contributed by atoms with Gasteiger partial charge in [0.25, 0.3) is 5.56 Å². The Morgan fingerprint density at radius 2 is 1.62 bits per heavy atom. The molecule has 0 saturated carbocycles. The summed E-state index contributed by atoms with van der Waals surface area (Å²) in [5.41, 5.74) is 4.47. The van der Waals surface area contributed by atoms with Gasteiger partial charge in [-0.25, -0.2) is 4.98 Å². The zero-order valence-corrected chi connectivity index (χ0v) is 15.7. The molecule has 2 aromatic heterocycles. The van der Waals surface area contributed by atoms with Gasteiger partial charge in [0, 0.05) is 17.5 Å². The molecule has 0 aliphatic rings. The lowest BCUT2D eigenvalue weighted by Gasteiger charge is -2.09. The van der Waals surface area contributed by atoms with Gasteiger partial charge >= 0.3 is 0 Å². The summed E-state index contributed by atoms with van der Waals surface area (Å²) in [5.74, 6) is 0.789. The van der Waals surface area contributed by atoms with E-state index in [0.717, 1.165) is 33.6 Å². The summed E-state index contributed by atoms with van der Waals surface area (Å²) in [6.07, 6.45) is 0.916. The number of rotatable bonds is 4. The fraction of sp³-hybridized carbons (Fsp3) is 0.182. The van der Waals surface area contributed by atoms with Gasteiger partial charge in [0.05, 0.1) is 5.39 Å². The topological polar surface area (TPSA) is 34.9 Å². The van der Waals surface area contributed by atoms with E-state index in [0.29, 0.717) is 6.54 Å². The van der Waals surface area contributed by atoms with Gasteiger partial charge in [0.15, 0.2) is 0 Å². The average Bonchev–Trinajstić information content (AvgIpc) is 3.10. The fourth-order valence-corrected chi connectivity index (χ4v) is 4.28. The molecule has 4 rings (SSSR count). The molecule has 2 heterocycles. The van der Waals surface area contributed by atoms with Crippen LogP contribution in [-0.2, 0) is 6.54 Å². The van der Waals surface area contributed by atoms with Crippen molar-refractivity contribution in [3.8, 4) is 22.3 Å². The Bertz CT molecular complexity index is 1110. The Balaban J connectivity index is 1.82. The Labute approximate surface area is 156 Å². The van der Waals surface area contributed by atoms with Crippen molar-refractivity contribution < 1.29 is 0 Å². The lowest BCUT2D eigenvalue weighted by Crippen LogP contribution is -2.23. The molecule has 0 atom stereocenters. The number of aromatic nitrogens is 2. The second kappa shape index (κ2) is 6.89. The van der Waals surface area contributed by atoms with E-state index < -0.39 is 0 Å².